The molecule has 36 heavy (non-hydrogen) atoms. The smallest absolute Gasteiger partial charge is 0.178 e. The number of Topliss-reactive ketones (excluding diaryl/α,β-unsaturated/α-hetero) is 1. The van der Waals surface area contributed by atoms with Gasteiger partial charge in [0.2, 0.25) is 0 Å². The molecule has 182 valence electrons. The fourth-order valence-electron chi connectivity index (χ4n) is 5.55. The monoisotopic (exact) mass is 480 g/mol. The van der Waals surface area contributed by atoms with Gasteiger partial charge in [0, 0.05) is 44.3 Å². The van der Waals surface area contributed by atoms with Crippen molar-refractivity contribution in [2.75, 3.05) is 13.2 Å². The molecule has 0 aliphatic carbocycles. The number of nitrogens with zero attached hydrogens (tertiary/aromatic N) is 6. The van der Waals surface area contributed by atoms with Crippen molar-refractivity contribution in [2.24, 2.45) is 13.0 Å². The molecule has 1 fully saturated rings. The lowest BCUT2D eigenvalue weighted by Gasteiger charge is -2.32. The number of hydrogen-bond acceptors (Lipinski definition) is 6. The topological polar surface area (TPSA) is 87.7 Å². The minimum Gasteiger partial charge on any atom is -0.381 e. The molecule has 0 saturated carbocycles. The Bertz CT molecular complexity index is 1560. The summed E-state index contributed by atoms with van der Waals surface area (Å²) < 4.78 is 9.81. The lowest BCUT2D eigenvalue weighted by atomic mass is 9.86. The summed E-state index contributed by atoms with van der Waals surface area (Å²) in [6, 6.07) is 16.5. The average molecular weight is 481 g/mol. The van der Waals surface area contributed by atoms with E-state index < -0.39 is 0 Å². The van der Waals surface area contributed by atoms with Gasteiger partial charge >= 0.3 is 0 Å². The van der Waals surface area contributed by atoms with Crippen LogP contribution in [0.5, 0.6) is 0 Å². The van der Waals surface area contributed by atoms with Crippen molar-refractivity contribution in [3.05, 3.63) is 71.7 Å². The third-order valence-electron chi connectivity index (χ3n) is 7.25. The summed E-state index contributed by atoms with van der Waals surface area (Å²) >= 11 is 0. The van der Waals surface area contributed by atoms with Gasteiger partial charge in [0.15, 0.2) is 5.78 Å². The van der Waals surface area contributed by atoms with Gasteiger partial charge in [-0.1, -0.05) is 35.5 Å². The van der Waals surface area contributed by atoms with Crippen LogP contribution in [-0.2, 0) is 11.8 Å². The molecule has 1 saturated heterocycles. The van der Waals surface area contributed by atoms with Gasteiger partial charge in [0.25, 0.3) is 0 Å². The second-order valence-corrected chi connectivity index (χ2v) is 9.54. The zero-order chi connectivity index (χ0) is 24.8. The Balaban J connectivity index is 1.69. The molecule has 1 atom stereocenters. The number of ketones is 1. The molecule has 0 spiro atoms. The molecule has 0 unspecified atom stereocenters. The van der Waals surface area contributed by atoms with Crippen molar-refractivity contribution in [2.45, 2.75) is 32.7 Å². The molecular weight excluding hydrogens is 452 g/mol. The number of aryl methyl sites for hydroxylation is 2. The normalized spacial score (nSPS) is 15.5. The van der Waals surface area contributed by atoms with Gasteiger partial charge in [-0.3, -0.25) is 9.78 Å². The number of carbonyl (C=O) groups excluding carboxylic acids is 1. The van der Waals surface area contributed by atoms with E-state index in [9.17, 15) is 4.79 Å². The lowest BCUT2D eigenvalue weighted by molar-refractivity contribution is 0.0552. The molecule has 1 aliphatic rings. The number of benzene rings is 1. The highest BCUT2D eigenvalue weighted by molar-refractivity contribution is 6.06. The Hall–Kier alpha value is -3.91. The van der Waals surface area contributed by atoms with Crippen LogP contribution in [0.4, 0.5) is 0 Å². The van der Waals surface area contributed by atoms with Gasteiger partial charge in [-0.2, -0.15) is 0 Å². The number of ether oxygens (including phenoxy) is 1. The van der Waals surface area contributed by atoms with Crippen molar-refractivity contribution >= 4 is 27.9 Å². The van der Waals surface area contributed by atoms with Gasteiger partial charge in [-0.25, -0.2) is 9.67 Å². The third-order valence-corrected chi connectivity index (χ3v) is 7.25. The SMILES string of the molecule is CC(=O)c1ccc2c3ncc(-c4c(C)nnn4C)cc3n([C@H](c3ccccc3)C3CCOCC3)c2n1. The van der Waals surface area contributed by atoms with Crippen LogP contribution >= 0.6 is 0 Å². The number of carbonyl (C=O) groups is 1. The Morgan fingerprint density at radius 1 is 1.11 bits per heavy atom. The van der Waals surface area contributed by atoms with Crippen molar-refractivity contribution in [1.82, 2.24) is 29.5 Å². The van der Waals surface area contributed by atoms with Gasteiger partial charge in [-0.15, -0.1) is 5.10 Å². The number of hydrogen-bond donors (Lipinski definition) is 0. The highest BCUT2D eigenvalue weighted by atomic mass is 16.5. The fourth-order valence-corrected chi connectivity index (χ4v) is 5.55. The van der Waals surface area contributed by atoms with Crippen molar-refractivity contribution in [3.8, 4) is 11.3 Å². The summed E-state index contributed by atoms with van der Waals surface area (Å²) in [5.74, 6) is 0.299. The molecule has 4 aromatic heterocycles. The maximum absolute atomic E-state index is 12.3. The van der Waals surface area contributed by atoms with Crippen LogP contribution in [0.2, 0.25) is 0 Å². The largest absolute Gasteiger partial charge is 0.381 e. The molecular formula is C28H28N6O2. The summed E-state index contributed by atoms with van der Waals surface area (Å²) in [6.45, 7) is 4.99. The first-order chi connectivity index (χ1) is 17.5. The highest BCUT2D eigenvalue weighted by Crippen LogP contribution is 2.40. The number of fused-ring (bicyclic) bond motifs is 3. The molecule has 0 radical (unpaired) electrons. The first-order valence-corrected chi connectivity index (χ1v) is 12.3. The van der Waals surface area contributed by atoms with E-state index in [1.54, 1.807) is 17.7 Å². The molecule has 1 aliphatic heterocycles. The number of aromatic nitrogens is 6. The van der Waals surface area contributed by atoms with Gasteiger partial charge in [-0.05, 0) is 49.4 Å². The van der Waals surface area contributed by atoms with E-state index in [-0.39, 0.29) is 11.8 Å². The van der Waals surface area contributed by atoms with E-state index in [1.807, 2.05) is 32.3 Å². The summed E-state index contributed by atoms with van der Waals surface area (Å²) in [5, 5.41) is 9.37. The van der Waals surface area contributed by atoms with Crippen LogP contribution < -0.4 is 0 Å². The average Bonchev–Trinajstić information content (AvgIpc) is 3.41. The quantitative estimate of drug-likeness (QED) is 0.332. The lowest BCUT2D eigenvalue weighted by Crippen LogP contribution is -2.27. The van der Waals surface area contributed by atoms with Crippen LogP contribution in [0.3, 0.4) is 0 Å². The third kappa shape index (κ3) is 3.69. The minimum absolute atomic E-state index is 0.0209. The van der Waals surface area contributed by atoms with E-state index >= 15 is 0 Å². The molecule has 5 aromatic rings. The summed E-state index contributed by atoms with van der Waals surface area (Å²) in [5.41, 5.74) is 7.03. The molecule has 0 N–H and O–H groups in total. The predicted octanol–water partition coefficient (Wildman–Crippen LogP) is 4.91. The summed E-state index contributed by atoms with van der Waals surface area (Å²) in [7, 11) is 1.89. The van der Waals surface area contributed by atoms with E-state index in [1.165, 1.54) is 5.56 Å². The van der Waals surface area contributed by atoms with Gasteiger partial charge in [0.05, 0.1) is 28.5 Å². The number of rotatable bonds is 5. The zero-order valence-electron chi connectivity index (χ0n) is 20.7. The molecule has 8 nitrogen and oxygen atoms in total. The van der Waals surface area contributed by atoms with Gasteiger partial charge < -0.3 is 9.30 Å². The summed E-state index contributed by atoms with van der Waals surface area (Å²) in [6.07, 6.45) is 3.78. The van der Waals surface area contributed by atoms with Gasteiger partial charge in [0.1, 0.15) is 11.3 Å². The van der Waals surface area contributed by atoms with E-state index in [2.05, 4.69) is 45.2 Å². The standard InChI is InChI=1S/C28H28N6O2/c1-17-26(33(3)32-31-17)21-15-24-25(29-16-21)22-9-10-23(18(2)35)30-28(22)34(24)27(19-7-5-4-6-8-19)20-11-13-36-14-12-20/h4-10,15-16,20,27H,11-14H2,1-3H3/t27-/m1/s1. The van der Waals surface area contributed by atoms with E-state index in [0.717, 1.165) is 65.1 Å². The second kappa shape index (κ2) is 8.95. The summed E-state index contributed by atoms with van der Waals surface area (Å²) in [4.78, 5) is 22.1. The molecule has 6 rings (SSSR count). The first kappa shape index (κ1) is 22.5. The molecule has 5 heterocycles. The minimum atomic E-state index is -0.0544. The van der Waals surface area contributed by atoms with Crippen LogP contribution in [0, 0.1) is 12.8 Å². The van der Waals surface area contributed by atoms with E-state index in [0.29, 0.717) is 11.6 Å². The maximum atomic E-state index is 12.3. The second-order valence-electron chi connectivity index (χ2n) is 9.54. The first-order valence-electron chi connectivity index (χ1n) is 12.3. The number of pyridine rings is 2. The van der Waals surface area contributed by atoms with Crippen LogP contribution in [-0.4, -0.2) is 48.5 Å². The molecule has 0 amide bonds. The Morgan fingerprint density at radius 3 is 2.58 bits per heavy atom. The fraction of sp³-hybridized carbons (Fsp3) is 0.321. The Morgan fingerprint density at radius 2 is 1.89 bits per heavy atom. The zero-order valence-corrected chi connectivity index (χ0v) is 20.7. The molecule has 1 aromatic carbocycles. The molecule has 8 heteroatoms. The Labute approximate surface area is 208 Å². The Kier molecular flexibility index (Phi) is 5.60. The predicted molar refractivity (Wildman–Crippen MR) is 138 cm³/mol. The highest BCUT2D eigenvalue weighted by Gasteiger charge is 2.31. The van der Waals surface area contributed by atoms with Crippen LogP contribution in [0.15, 0.2) is 54.7 Å². The maximum Gasteiger partial charge on any atom is 0.178 e. The van der Waals surface area contributed by atoms with Crippen molar-refractivity contribution in [3.63, 3.8) is 0 Å². The van der Waals surface area contributed by atoms with Crippen LogP contribution in [0.25, 0.3) is 33.3 Å². The van der Waals surface area contributed by atoms with E-state index in [4.69, 9.17) is 14.7 Å². The molecule has 0 bridgehead atoms. The van der Waals surface area contributed by atoms with Crippen molar-refractivity contribution in [1.29, 1.82) is 0 Å². The van der Waals surface area contributed by atoms with Crippen LogP contribution in [0.1, 0.15) is 47.6 Å². The van der Waals surface area contributed by atoms with Crippen molar-refractivity contribution < 1.29 is 9.53 Å².